The van der Waals surface area contributed by atoms with Crippen molar-refractivity contribution in [3.8, 4) is 0 Å². The van der Waals surface area contributed by atoms with Crippen molar-refractivity contribution in [2.24, 2.45) is 0 Å². The van der Waals surface area contributed by atoms with E-state index < -0.39 is 0 Å². The van der Waals surface area contributed by atoms with E-state index in [1.165, 1.54) is 11.1 Å². The third-order valence-corrected chi connectivity index (χ3v) is 4.80. The molecule has 0 aliphatic heterocycles. The van der Waals surface area contributed by atoms with Gasteiger partial charge in [0.1, 0.15) is 0 Å². The maximum absolute atomic E-state index is 13.0. The van der Waals surface area contributed by atoms with Gasteiger partial charge in [-0.1, -0.05) is 84.9 Å². The van der Waals surface area contributed by atoms with Crippen molar-refractivity contribution in [2.75, 3.05) is 0 Å². The summed E-state index contributed by atoms with van der Waals surface area (Å²) in [5.41, 5.74) is 4.08. The summed E-state index contributed by atoms with van der Waals surface area (Å²) in [6.45, 7) is 0. The second-order valence-electron chi connectivity index (χ2n) is 6.19. The molecule has 3 aromatic carbocycles. The van der Waals surface area contributed by atoms with E-state index in [1.807, 2.05) is 54.6 Å². The Labute approximate surface area is 136 Å². The summed E-state index contributed by atoms with van der Waals surface area (Å²) in [6.07, 6.45) is 2.21. The maximum atomic E-state index is 13.0. The molecule has 0 amide bonds. The zero-order valence-corrected chi connectivity index (χ0v) is 12.9. The third-order valence-electron chi connectivity index (χ3n) is 4.80. The van der Waals surface area contributed by atoms with Gasteiger partial charge >= 0.3 is 0 Å². The molecule has 1 aliphatic rings. The van der Waals surface area contributed by atoms with Crippen molar-refractivity contribution < 1.29 is 4.79 Å². The van der Waals surface area contributed by atoms with Crippen LogP contribution in [0.25, 0.3) is 0 Å². The van der Waals surface area contributed by atoms with Crippen molar-refractivity contribution in [1.29, 1.82) is 0 Å². The Kier molecular flexibility index (Phi) is 3.34. The molecular formula is C22H18O. The lowest BCUT2D eigenvalue weighted by molar-refractivity contribution is 0.103. The van der Waals surface area contributed by atoms with Gasteiger partial charge in [-0.25, -0.2) is 0 Å². The molecule has 0 N–H and O–H groups in total. The molecule has 1 saturated carbocycles. The van der Waals surface area contributed by atoms with Crippen molar-refractivity contribution in [1.82, 2.24) is 0 Å². The fraction of sp³-hybridized carbons (Fsp3) is 0.136. The van der Waals surface area contributed by atoms with Crippen LogP contribution in [0, 0.1) is 0 Å². The van der Waals surface area contributed by atoms with Crippen molar-refractivity contribution in [3.63, 3.8) is 0 Å². The fourth-order valence-electron chi connectivity index (χ4n) is 3.44. The Bertz CT molecular complexity index is 830. The van der Waals surface area contributed by atoms with Crippen LogP contribution in [0.5, 0.6) is 0 Å². The molecule has 112 valence electrons. The lowest BCUT2D eigenvalue weighted by Crippen LogP contribution is -2.15. The minimum absolute atomic E-state index is 0.0162. The third kappa shape index (κ3) is 2.39. The van der Waals surface area contributed by atoms with Crippen LogP contribution < -0.4 is 0 Å². The average molecular weight is 298 g/mol. The van der Waals surface area contributed by atoms with E-state index in [0.29, 0.717) is 0 Å². The fourth-order valence-corrected chi connectivity index (χ4v) is 3.44. The van der Waals surface area contributed by atoms with Gasteiger partial charge in [0.15, 0.2) is 5.78 Å². The minimum atomic E-state index is 0.0162. The van der Waals surface area contributed by atoms with Crippen LogP contribution in [0.15, 0.2) is 84.9 Å². The molecule has 0 unspecified atom stereocenters. The predicted molar refractivity (Wildman–Crippen MR) is 92.8 cm³/mol. The Hall–Kier alpha value is -2.67. The van der Waals surface area contributed by atoms with Crippen LogP contribution in [0.4, 0.5) is 0 Å². The maximum Gasteiger partial charge on any atom is 0.193 e. The highest BCUT2D eigenvalue weighted by Gasteiger charge is 2.47. The summed E-state index contributed by atoms with van der Waals surface area (Å²) in [6, 6.07) is 28.2. The molecule has 3 aromatic rings. The summed E-state index contributed by atoms with van der Waals surface area (Å²) < 4.78 is 0. The Balaban J connectivity index is 1.81. The van der Waals surface area contributed by atoms with E-state index in [2.05, 4.69) is 30.3 Å². The Morgan fingerprint density at radius 2 is 1.26 bits per heavy atom. The molecule has 0 aromatic heterocycles. The second kappa shape index (κ2) is 5.51. The first-order valence-corrected chi connectivity index (χ1v) is 8.06. The Morgan fingerprint density at radius 3 is 1.91 bits per heavy atom. The van der Waals surface area contributed by atoms with E-state index in [9.17, 15) is 4.79 Å². The van der Waals surface area contributed by atoms with Crippen LogP contribution >= 0.6 is 0 Å². The molecule has 0 atom stereocenters. The quantitative estimate of drug-likeness (QED) is 0.620. The topological polar surface area (TPSA) is 17.1 Å². The molecule has 23 heavy (non-hydrogen) atoms. The average Bonchev–Trinajstić information content (AvgIpc) is 3.44. The molecule has 1 aliphatic carbocycles. The van der Waals surface area contributed by atoms with E-state index >= 15 is 0 Å². The molecule has 0 bridgehead atoms. The standard InChI is InChI=1S/C22H18O/c23-21(17-9-3-1-4-10-17)19-13-7-8-14-20(19)22(15-16-22)18-11-5-2-6-12-18/h1-14H,15-16H2. The van der Waals surface area contributed by atoms with Gasteiger partial charge in [0.05, 0.1) is 0 Å². The number of carbonyl (C=O) groups is 1. The second-order valence-corrected chi connectivity index (χ2v) is 6.19. The molecule has 1 fully saturated rings. The lowest BCUT2D eigenvalue weighted by Gasteiger charge is -2.20. The molecule has 4 rings (SSSR count). The molecule has 0 heterocycles. The van der Waals surface area contributed by atoms with Crippen LogP contribution in [0.2, 0.25) is 0 Å². The number of rotatable bonds is 4. The van der Waals surface area contributed by atoms with Crippen LogP contribution in [0.1, 0.15) is 39.9 Å². The monoisotopic (exact) mass is 298 g/mol. The largest absolute Gasteiger partial charge is 0.289 e. The van der Waals surface area contributed by atoms with Crippen LogP contribution in [0.3, 0.4) is 0 Å². The van der Waals surface area contributed by atoms with E-state index in [0.717, 1.165) is 24.0 Å². The first-order valence-electron chi connectivity index (χ1n) is 8.06. The normalized spacial score (nSPS) is 15.1. The highest BCUT2D eigenvalue weighted by atomic mass is 16.1. The highest BCUT2D eigenvalue weighted by Crippen LogP contribution is 2.54. The van der Waals surface area contributed by atoms with Gasteiger partial charge in [0.2, 0.25) is 0 Å². The lowest BCUT2D eigenvalue weighted by atomic mass is 9.83. The van der Waals surface area contributed by atoms with Crippen molar-refractivity contribution >= 4 is 5.78 Å². The van der Waals surface area contributed by atoms with Crippen LogP contribution in [-0.2, 0) is 5.41 Å². The van der Waals surface area contributed by atoms with Gasteiger partial charge in [-0.15, -0.1) is 0 Å². The predicted octanol–water partition coefficient (Wildman–Crippen LogP) is 5.00. The van der Waals surface area contributed by atoms with Gasteiger partial charge in [-0.2, -0.15) is 0 Å². The highest BCUT2D eigenvalue weighted by molar-refractivity contribution is 6.10. The van der Waals surface area contributed by atoms with Gasteiger partial charge in [0.25, 0.3) is 0 Å². The molecular weight excluding hydrogens is 280 g/mol. The van der Waals surface area contributed by atoms with Crippen molar-refractivity contribution in [3.05, 3.63) is 107 Å². The molecule has 0 spiro atoms. The van der Waals surface area contributed by atoms with Gasteiger partial charge in [-0.05, 0) is 24.0 Å². The number of hydrogen-bond donors (Lipinski definition) is 0. The smallest absolute Gasteiger partial charge is 0.193 e. The summed E-state index contributed by atoms with van der Waals surface area (Å²) >= 11 is 0. The number of benzene rings is 3. The molecule has 1 heteroatoms. The van der Waals surface area contributed by atoms with E-state index in [-0.39, 0.29) is 11.2 Å². The number of hydrogen-bond acceptors (Lipinski definition) is 1. The first kappa shape index (κ1) is 14.0. The number of carbonyl (C=O) groups excluding carboxylic acids is 1. The summed E-state index contributed by atoms with van der Waals surface area (Å²) in [5, 5.41) is 0. The number of ketones is 1. The first-order chi connectivity index (χ1) is 11.3. The van der Waals surface area contributed by atoms with Gasteiger partial charge < -0.3 is 0 Å². The molecule has 0 radical (unpaired) electrons. The SMILES string of the molecule is O=C(c1ccccc1)c1ccccc1C1(c2ccccc2)CC1. The zero-order chi connectivity index (χ0) is 15.7. The zero-order valence-electron chi connectivity index (χ0n) is 12.9. The minimum Gasteiger partial charge on any atom is -0.289 e. The van der Waals surface area contributed by atoms with E-state index in [4.69, 9.17) is 0 Å². The Morgan fingerprint density at radius 1 is 0.696 bits per heavy atom. The summed E-state index contributed by atoms with van der Waals surface area (Å²) in [7, 11) is 0. The van der Waals surface area contributed by atoms with Gasteiger partial charge in [0, 0.05) is 16.5 Å². The molecule has 0 saturated heterocycles. The van der Waals surface area contributed by atoms with Crippen LogP contribution in [-0.4, -0.2) is 5.78 Å². The molecule has 1 nitrogen and oxygen atoms in total. The van der Waals surface area contributed by atoms with Crippen molar-refractivity contribution in [2.45, 2.75) is 18.3 Å². The van der Waals surface area contributed by atoms with Gasteiger partial charge in [-0.3, -0.25) is 4.79 Å². The summed E-state index contributed by atoms with van der Waals surface area (Å²) in [5.74, 6) is 0.114. The summed E-state index contributed by atoms with van der Waals surface area (Å²) in [4.78, 5) is 13.0. The van der Waals surface area contributed by atoms with E-state index in [1.54, 1.807) is 0 Å².